The molecule has 6 nitrogen and oxygen atoms in total. The van der Waals surface area contributed by atoms with E-state index in [-0.39, 0.29) is 18.5 Å². The van der Waals surface area contributed by atoms with Crippen LogP contribution in [0.2, 0.25) is 0 Å². The fourth-order valence-corrected chi connectivity index (χ4v) is 11.5. The van der Waals surface area contributed by atoms with Gasteiger partial charge in [-0.3, -0.25) is 9.59 Å². The molecule has 0 saturated carbocycles. The van der Waals surface area contributed by atoms with E-state index in [9.17, 15) is 19.8 Å². The molecule has 76 heavy (non-hydrogen) atoms. The Morgan fingerprint density at radius 2 is 0.539 bits per heavy atom. The lowest BCUT2D eigenvalue weighted by Crippen LogP contribution is -2.45. The van der Waals surface area contributed by atoms with Crippen LogP contribution in [0.3, 0.4) is 0 Å². The summed E-state index contributed by atoms with van der Waals surface area (Å²) < 4.78 is 5.51. The van der Waals surface area contributed by atoms with E-state index < -0.39 is 12.1 Å². The average Bonchev–Trinajstić information content (AvgIpc) is 3.42. The molecule has 0 saturated heterocycles. The monoisotopic (exact) mass is 1070 g/mol. The van der Waals surface area contributed by atoms with Crippen molar-refractivity contribution in [3.63, 3.8) is 0 Å². The highest BCUT2D eigenvalue weighted by Crippen LogP contribution is 2.20. The van der Waals surface area contributed by atoms with Crippen LogP contribution in [0.25, 0.3) is 0 Å². The molecule has 0 aliphatic rings. The molecular formula is C70H139NO5. The number of nitrogens with one attached hydrogen (secondary N) is 1. The van der Waals surface area contributed by atoms with Crippen LogP contribution >= 0.6 is 0 Å². The lowest BCUT2D eigenvalue weighted by molar-refractivity contribution is -0.143. The lowest BCUT2D eigenvalue weighted by Gasteiger charge is -2.22. The molecule has 0 fully saturated rings. The molecule has 0 aliphatic heterocycles. The number of hydrogen-bond acceptors (Lipinski definition) is 5. The summed E-state index contributed by atoms with van der Waals surface area (Å²) >= 11 is 0. The topological polar surface area (TPSA) is 95.9 Å². The number of amides is 1. The number of aliphatic hydroxyl groups excluding tert-OH is 2. The van der Waals surface area contributed by atoms with Crippen molar-refractivity contribution in [2.24, 2.45) is 0 Å². The first kappa shape index (κ1) is 74.9. The largest absolute Gasteiger partial charge is 0.466 e. The summed E-state index contributed by atoms with van der Waals surface area (Å²) in [5.74, 6) is -0.00452. The van der Waals surface area contributed by atoms with Crippen molar-refractivity contribution in [1.82, 2.24) is 5.32 Å². The number of hydrogen-bond donors (Lipinski definition) is 3. The summed E-state index contributed by atoms with van der Waals surface area (Å²) in [6, 6.07) is -0.537. The van der Waals surface area contributed by atoms with E-state index in [4.69, 9.17) is 4.74 Å². The molecule has 0 aromatic carbocycles. The number of esters is 1. The SMILES string of the molecule is CCCCCCCCCCCCCCCCCCCCC(=O)OCCCCCCCCCCCCCCCCCCCCCCCCCCCCCCC(=O)NC(CO)C(O)CCCCCCCCCCCCCCC. The standard InChI is InChI=1S/C70H139NO5/c1-3-5-7-9-11-13-15-17-18-19-33-36-40-44-48-52-56-60-64-70(75)76-65-61-57-53-49-45-41-37-34-31-29-27-25-23-21-20-22-24-26-28-30-32-35-39-43-47-51-55-59-63-69(74)71-67(66-72)68(73)62-58-54-50-46-42-38-16-14-12-10-8-6-4-2/h67-68,72-73H,3-66H2,1-2H3,(H,71,74). The minimum atomic E-state index is -0.660. The third-order valence-corrected chi connectivity index (χ3v) is 16.9. The second kappa shape index (κ2) is 66.4. The van der Waals surface area contributed by atoms with Gasteiger partial charge < -0.3 is 20.3 Å². The molecule has 3 N–H and O–H groups in total. The minimum absolute atomic E-state index is 0.0244. The lowest BCUT2D eigenvalue weighted by atomic mass is 10.0. The van der Waals surface area contributed by atoms with E-state index in [1.54, 1.807) is 0 Å². The van der Waals surface area contributed by atoms with Gasteiger partial charge >= 0.3 is 5.97 Å². The Balaban J connectivity index is 3.30. The van der Waals surface area contributed by atoms with E-state index in [1.165, 1.54) is 340 Å². The van der Waals surface area contributed by atoms with Gasteiger partial charge in [0.25, 0.3) is 0 Å². The molecule has 2 atom stereocenters. The van der Waals surface area contributed by atoms with Crippen molar-refractivity contribution in [1.29, 1.82) is 0 Å². The maximum Gasteiger partial charge on any atom is 0.305 e. The third kappa shape index (κ3) is 62.1. The second-order valence-corrected chi connectivity index (χ2v) is 24.6. The molecule has 0 aromatic heterocycles. The van der Waals surface area contributed by atoms with E-state index >= 15 is 0 Å². The molecular weight excluding hydrogens is 935 g/mol. The molecule has 6 heteroatoms. The van der Waals surface area contributed by atoms with Crippen molar-refractivity contribution in [3.05, 3.63) is 0 Å². The van der Waals surface area contributed by atoms with Crippen molar-refractivity contribution in [3.8, 4) is 0 Å². The van der Waals surface area contributed by atoms with E-state index in [0.717, 1.165) is 38.5 Å². The molecule has 0 spiro atoms. The Morgan fingerprint density at radius 1 is 0.316 bits per heavy atom. The van der Waals surface area contributed by atoms with Gasteiger partial charge in [0.05, 0.1) is 25.4 Å². The molecule has 454 valence electrons. The first-order valence-corrected chi connectivity index (χ1v) is 35.3. The first-order valence-electron chi connectivity index (χ1n) is 35.3. The molecule has 0 bridgehead atoms. The molecule has 0 radical (unpaired) electrons. The van der Waals surface area contributed by atoms with Crippen LogP contribution in [0.1, 0.15) is 412 Å². The molecule has 0 heterocycles. The number of unbranched alkanes of at least 4 members (excludes halogenated alkanes) is 56. The second-order valence-electron chi connectivity index (χ2n) is 24.6. The summed E-state index contributed by atoms with van der Waals surface area (Å²) in [5, 5.41) is 23.3. The summed E-state index contributed by atoms with van der Waals surface area (Å²) in [4.78, 5) is 24.6. The highest BCUT2D eigenvalue weighted by atomic mass is 16.5. The fraction of sp³-hybridized carbons (Fsp3) is 0.971. The zero-order chi connectivity index (χ0) is 55.0. The van der Waals surface area contributed by atoms with E-state index in [2.05, 4.69) is 19.2 Å². The normalized spacial score (nSPS) is 12.4. The molecule has 2 unspecified atom stereocenters. The highest BCUT2D eigenvalue weighted by Gasteiger charge is 2.20. The average molecular weight is 1070 g/mol. The highest BCUT2D eigenvalue weighted by molar-refractivity contribution is 5.76. The molecule has 1 amide bonds. The smallest absolute Gasteiger partial charge is 0.305 e. The summed E-state index contributed by atoms with van der Waals surface area (Å²) in [6.45, 7) is 5.00. The van der Waals surface area contributed by atoms with Gasteiger partial charge in [-0.15, -0.1) is 0 Å². The Kier molecular flexibility index (Phi) is 65.4. The maximum atomic E-state index is 12.5. The van der Waals surface area contributed by atoms with Crippen LogP contribution in [0.5, 0.6) is 0 Å². The maximum absolute atomic E-state index is 12.5. The quantitative estimate of drug-likeness (QED) is 0.0417. The molecule has 0 rings (SSSR count). The van der Waals surface area contributed by atoms with Crippen molar-refractivity contribution < 1.29 is 24.5 Å². The van der Waals surface area contributed by atoms with E-state index in [1.807, 2.05) is 0 Å². The zero-order valence-electron chi connectivity index (χ0n) is 52.0. The van der Waals surface area contributed by atoms with Gasteiger partial charge in [0.15, 0.2) is 0 Å². The van der Waals surface area contributed by atoms with E-state index in [0.29, 0.717) is 25.9 Å². The summed E-state index contributed by atoms with van der Waals surface area (Å²) in [6.07, 6.45) is 80.1. The molecule has 0 aliphatic carbocycles. The Bertz CT molecular complexity index is 1100. The predicted molar refractivity (Wildman–Crippen MR) is 334 cm³/mol. The van der Waals surface area contributed by atoms with Crippen LogP contribution in [0, 0.1) is 0 Å². The van der Waals surface area contributed by atoms with Crippen LogP contribution < -0.4 is 5.32 Å². The Hall–Kier alpha value is -1.14. The minimum Gasteiger partial charge on any atom is -0.466 e. The predicted octanol–water partition coefficient (Wildman–Crippen LogP) is 22.6. The summed E-state index contributed by atoms with van der Waals surface area (Å²) in [5.41, 5.74) is 0. The Morgan fingerprint density at radius 3 is 0.803 bits per heavy atom. The Labute approximate surface area is 476 Å². The number of rotatable bonds is 67. The van der Waals surface area contributed by atoms with Crippen LogP contribution in [-0.2, 0) is 14.3 Å². The van der Waals surface area contributed by atoms with Crippen molar-refractivity contribution in [2.45, 2.75) is 424 Å². The van der Waals surface area contributed by atoms with Crippen LogP contribution in [0.4, 0.5) is 0 Å². The number of carbonyl (C=O) groups is 2. The van der Waals surface area contributed by atoms with Crippen LogP contribution in [-0.4, -0.2) is 47.4 Å². The van der Waals surface area contributed by atoms with Gasteiger partial charge in [0.1, 0.15) is 0 Å². The molecule has 0 aromatic rings. The van der Waals surface area contributed by atoms with Gasteiger partial charge in [0.2, 0.25) is 5.91 Å². The number of carbonyl (C=O) groups excluding carboxylic acids is 2. The van der Waals surface area contributed by atoms with Gasteiger partial charge in [0, 0.05) is 12.8 Å². The van der Waals surface area contributed by atoms with Gasteiger partial charge in [-0.25, -0.2) is 0 Å². The number of aliphatic hydroxyl groups is 2. The van der Waals surface area contributed by atoms with Crippen molar-refractivity contribution in [2.75, 3.05) is 13.2 Å². The van der Waals surface area contributed by atoms with Crippen LogP contribution in [0.15, 0.2) is 0 Å². The van der Waals surface area contributed by atoms with Gasteiger partial charge in [-0.1, -0.05) is 373 Å². The first-order chi connectivity index (χ1) is 37.5. The van der Waals surface area contributed by atoms with Gasteiger partial charge in [-0.05, 0) is 25.7 Å². The van der Waals surface area contributed by atoms with Gasteiger partial charge in [-0.2, -0.15) is 0 Å². The fourth-order valence-electron chi connectivity index (χ4n) is 11.5. The third-order valence-electron chi connectivity index (χ3n) is 16.9. The number of ether oxygens (including phenoxy) is 1. The summed E-state index contributed by atoms with van der Waals surface area (Å²) in [7, 11) is 0. The van der Waals surface area contributed by atoms with Crippen molar-refractivity contribution >= 4 is 11.9 Å². The zero-order valence-corrected chi connectivity index (χ0v) is 52.0.